The van der Waals surface area contributed by atoms with Gasteiger partial charge in [0.1, 0.15) is 0 Å². The van der Waals surface area contributed by atoms with E-state index in [9.17, 15) is 0 Å². The van der Waals surface area contributed by atoms with Crippen LogP contribution in [0.2, 0.25) is 0 Å². The first-order chi connectivity index (χ1) is 8.22. The highest BCUT2D eigenvalue weighted by Gasteiger charge is 2.54. The third kappa shape index (κ3) is 2.33. The van der Waals surface area contributed by atoms with Crippen LogP contribution in [0.25, 0.3) is 0 Å². The van der Waals surface area contributed by atoms with Gasteiger partial charge in [-0.2, -0.15) is 0 Å². The molecule has 1 aliphatic heterocycles. The zero-order chi connectivity index (χ0) is 13.6. The van der Waals surface area contributed by atoms with Crippen LogP contribution < -0.4 is 5.73 Å². The lowest BCUT2D eigenvalue weighted by Gasteiger charge is -2.41. The standard InChI is InChI=1S/C15H29NO2/c1-13(2)10-11(14(3,4)18-13)12(16)15(17-5)8-6-7-9-15/h11-12H,6-10,16H2,1-5H3. The first-order valence-corrected chi connectivity index (χ1v) is 7.23. The molecule has 2 N–H and O–H groups in total. The Morgan fingerprint density at radius 2 is 1.72 bits per heavy atom. The molecule has 1 saturated heterocycles. The van der Waals surface area contributed by atoms with Crippen molar-refractivity contribution in [2.75, 3.05) is 7.11 Å². The molecule has 0 aromatic heterocycles. The molecular weight excluding hydrogens is 226 g/mol. The molecule has 18 heavy (non-hydrogen) atoms. The van der Waals surface area contributed by atoms with E-state index in [4.69, 9.17) is 15.2 Å². The third-order valence-corrected chi connectivity index (χ3v) is 5.04. The largest absolute Gasteiger partial charge is 0.377 e. The Hall–Kier alpha value is -0.120. The lowest BCUT2D eigenvalue weighted by Crippen LogP contribution is -2.55. The molecule has 0 aromatic carbocycles. The molecule has 1 aliphatic carbocycles. The summed E-state index contributed by atoms with van der Waals surface area (Å²) in [7, 11) is 1.82. The molecule has 2 aliphatic rings. The van der Waals surface area contributed by atoms with Crippen molar-refractivity contribution in [1.82, 2.24) is 0 Å². The van der Waals surface area contributed by atoms with Gasteiger partial charge in [0.05, 0.1) is 16.8 Å². The second-order valence-electron chi connectivity index (χ2n) is 7.28. The number of ether oxygens (including phenoxy) is 2. The third-order valence-electron chi connectivity index (χ3n) is 5.04. The first kappa shape index (κ1) is 14.3. The topological polar surface area (TPSA) is 44.5 Å². The van der Waals surface area contributed by atoms with Crippen molar-refractivity contribution in [2.24, 2.45) is 11.7 Å². The second-order valence-corrected chi connectivity index (χ2v) is 7.28. The van der Waals surface area contributed by atoms with E-state index >= 15 is 0 Å². The van der Waals surface area contributed by atoms with Crippen LogP contribution in [0.3, 0.4) is 0 Å². The zero-order valence-corrected chi connectivity index (χ0v) is 12.6. The van der Waals surface area contributed by atoms with Crippen LogP contribution in [0.5, 0.6) is 0 Å². The monoisotopic (exact) mass is 255 g/mol. The molecule has 0 spiro atoms. The van der Waals surface area contributed by atoms with Gasteiger partial charge in [0, 0.05) is 19.1 Å². The fourth-order valence-electron chi connectivity index (χ4n) is 4.18. The van der Waals surface area contributed by atoms with Crippen molar-refractivity contribution in [1.29, 1.82) is 0 Å². The van der Waals surface area contributed by atoms with E-state index in [1.165, 1.54) is 12.8 Å². The molecule has 0 radical (unpaired) electrons. The minimum absolute atomic E-state index is 0.0701. The van der Waals surface area contributed by atoms with E-state index in [0.29, 0.717) is 5.92 Å². The molecule has 1 heterocycles. The summed E-state index contributed by atoms with van der Waals surface area (Å²) in [6.07, 6.45) is 5.68. The van der Waals surface area contributed by atoms with Gasteiger partial charge in [0.2, 0.25) is 0 Å². The Kier molecular flexibility index (Phi) is 3.54. The summed E-state index contributed by atoms with van der Waals surface area (Å²) in [6, 6.07) is 0.0711. The molecule has 0 aromatic rings. The molecular formula is C15H29NO2. The number of hydrogen-bond acceptors (Lipinski definition) is 3. The molecule has 2 atom stereocenters. The molecule has 2 rings (SSSR count). The highest BCUT2D eigenvalue weighted by atomic mass is 16.5. The fraction of sp³-hybridized carbons (Fsp3) is 1.00. The van der Waals surface area contributed by atoms with E-state index in [-0.39, 0.29) is 22.8 Å². The molecule has 2 fully saturated rings. The molecule has 3 nitrogen and oxygen atoms in total. The van der Waals surface area contributed by atoms with Gasteiger partial charge in [-0.05, 0) is 47.0 Å². The fourth-order valence-corrected chi connectivity index (χ4v) is 4.18. The Bertz CT molecular complexity index is 306. The smallest absolute Gasteiger partial charge is 0.0832 e. The van der Waals surface area contributed by atoms with Gasteiger partial charge >= 0.3 is 0 Å². The van der Waals surface area contributed by atoms with E-state index in [0.717, 1.165) is 19.3 Å². The van der Waals surface area contributed by atoms with E-state index in [2.05, 4.69) is 27.7 Å². The summed E-state index contributed by atoms with van der Waals surface area (Å²) in [5.41, 5.74) is 6.28. The maximum atomic E-state index is 6.62. The summed E-state index contributed by atoms with van der Waals surface area (Å²) in [5, 5.41) is 0. The quantitative estimate of drug-likeness (QED) is 0.843. The minimum Gasteiger partial charge on any atom is -0.377 e. The predicted molar refractivity (Wildman–Crippen MR) is 73.5 cm³/mol. The minimum atomic E-state index is -0.156. The number of methoxy groups -OCH3 is 1. The summed E-state index contributed by atoms with van der Waals surface area (Å²) in [5.74, 6) is 0.366. The maximum absolute atomic E-state index is 6.62. The Labute approximate surface area is 111 Å². The summed E-state index contributed by atoms with van der Waals surface area (Å²) >= 11 is 0. The van der Waals surface area contributed by atoms with Gasteiger partial charge in [-0.3, -0.25) is 0 Å². The highest BCUT2D eigenvalue weighted by molar-refractivity contribution is 5.07. The van der Waals surface area contributed by atoms with Crippen molar-refractivity contribution < 1.29 is 9.47 Å². The average Bonchev–Trinajstić information content (AvgIpc) is 2.80. The molecule has 0 amide bonds. The van der Waals surface area contributed by atoms with E-state index in [1.807, 2.05) is 7.11 Å². The van der Waals surface area contributed by atoms with Gasteiger partial charge in [0.15, 0.2) is 0 Å². The van der Waals surface area contributed by atoms with Crippen molar-refractivity contribution in [3.8, 4) is 0 Å². The van der Waals surface area contributed by atoms with Gasteiger partial charge in [0.25, 0.3) is 0 Å². The van der Waals surface area contributed by atoms with E-state index in [1.54, 1.807) is 0 Å². The zero-order valence-electron chi connectivity index (χ0n) is 12.6. The van der Waals surface area contributed by atoms with Crippen LogP contribution in [0, 0.1) is 5.92 Å². The average molecular weight is 255 g/mol. The van der Waals surface area contributed by atoms with Gasteiger partial charge in [-0.15, -0.1) is 0 Å². The van der Waals surface area contributed by atoms with Crippen molar-refractivity contribution >= 4 is 0 Å². The summed E-state index contributed by atoms with van der Waals surface area (Å²) in [6.45, 7) is 8.67. The number of hydrogen-bond donors (Lipinski definition) is 1. The Morgan fingerprint density at radius 1 is 1.17 bits per heavy atom. The lowest BCUT2D eigenvalue weighted by molar-refractivity contribution is -0.0960. The first-order valence-electron chi connectivity index (χ1n) is 7.23. The van der Waals surface area contributed by atoms with Crippen LogP contribution in [0.4, 0.5) is 0 Å². The SMILES string of the molecule is COC1(C(N)C2CC(C)(C)OC2(C)C)CCCC1. The normalized spacial score (nSPS) is 34.7. The van der Waals surface area contributed by atoms with Crippen LogP contribution in [-0.2, 0) is 9.47 Å². The van der Waals surface area contributed by atoms with E-state index < -0.39 is 0 Å². The molecule has 0 bridgehead atoms. The summed E-state index contributed by atoms with van der Waals surface area (Å²) in [4.78, 5) is 0. The lowest BCUT2D eigenvalue weighted by atomic mass is 9.74. The van der Waals surface area contributed by atoms with Gasteiger partial charge in [-0.25, -0.2) is 0 Å². The van der Waals surface area contributed by atoms with Crippen molar-refractivity contribution in [3.05, 3.63) is 0 Å². The molecule has 2 unspecified atom stereocenters. The van der Waals surface area contributed by atoms with Crippen molar-refractivity contribution in [2.45, 2.75) is 82.6 Å². The maximum Gasteiger partial charge on any atom is 0.0832 e. The Morgan fingerprint density at radius 3 is 2.11 bits per heavy atom. The molecule has 1 saturated carbocycles. The van der Waals surface area contributed by atoms with Crippen LogP contribution >= 0.6 is 0 Å². The molecule has 3 heteroatoms. The van der Waals surface area contributed by atoms with Crippen LogP contribution in [0.1, 0.15) is 59.8 Å². The predicted octanol–water partition coefficient (Wildman–Crippen LogP) is 2.87. The highest BCUT2D eigenvalue weighted by Crippen LogP contribution is 2.48. The Balaban J connectivity index is 2.20. The second kappa shape index (κ2) is 4.46. The van der Waals surface area contributed by atoms with Gasteiger partial charge in [-0.1, -0.05) is 12.8 Å². The molecule has 106 valence electrons. The van der Waals surface area contributed by atoms with Gasteiger partial charge < -0.3 is 15.2 Å². The number of nitrogens with two attached hydrogens (primary N) is 1. The van der Waals surface area contributed by atoms with Crippen LogP contribution in [0.15, 0.2) is 0 Å². The van der Waals surface area contributed by atoms with Crippen molar-refractivity contribution in [3.63, 3.8) is 0 Å². The summed E-state index contributed by atoms with van der Waals surface area (Å²) < 4.78 is 12.0. The number of rotatable bonds is 3. The van der Waals surface area contributed by atoms with Crippen LogP contribution in [-0.4, -0.2) is 30.0 Å².